The van der Waals surface area contributed by atoms with Crippen LogP contribution in [0.25, 0.3) is 0 Å². The van der Waals surface area contributed by atoms with Crippen LogP contribution in [-0.2, 0) is 4.79 Å². The van der Waals surface area contributed by atoms with E-state index in [2.05, 4.69) is 39.8 Å². The summed E-state index contributed by atoms with van der Waals surface area (Å²) in [5.74, 6) is -0.0802. The summed E-state index contributed by atoms with van der Waals surface area (Å²) >= 11 is 0. The first-order valence-electron chi connectivity index (χ1n) is 11.5. The van der Waals surface area contributed by atoms with Crippen LogP contribution in [0.4, 0.5) is 0 Å². The van der Waals surface area contributed by atoms with Crippen molar-refractivity contribution in [3.8, 4) is 0 Å². The van der Waals surface area contributed by atoms with E-state index in [0.717, 1.165) is 32.1 Å². The third-order valence-corrected chi connectivity index (χ3v) is 5.23. The average molecular weight is 379 g/mol. The molecule has 2 heteroatoms. The summed E-state index contributed by atoms with van der Waals surface area (Å²) in [6, 6.07) is 0. The van der Waals surface area contributed by atoms with E-state index in [0.29, 0.717) is 12.3 Å². The van der Waals surface area contributed by atoms with Crippen molar-refractivity contribution in [2.45, 2.75) is 124 Å². The van der Waals surface area contributed by atoms with Crippen molar-refractivity contribution in [3.63, 3.8) is 0 Å². The van der Waals surface area contributed by atoms with Gasteiger partial charge in [0.2, 0.25) is 0 Å². The topological polar surface area (TPSA) is 37.3 Å². The van der Waals surface area contributed by atoms with E-state index in [4.69, 9.17) is 5.11 Å². The van der Waals surface area contributed by atoms with Gasteiger partial charge in [0.15, 0.2) is 0 Å². The normalized spacial score (nSPS) is 13.8. The molecule has 0 aromatic rings. The van der Waals surface area contributed by atoms with Gasteiger partial charge in [-0.2, -0.15) is 0 Å². The predicted octanol–water partition coefficient (Wildman–Crippen LogP) is 8.47. The number of carboxylic acids is 1. The van der Waals surface area contributed by atoms with Crippen LogP contribution in [0.3, 0.4) is 0 Å². The summed E-state index contributed by atoms with van der Waals surface area (Å²) in [4.78, 5) is 10.5. The van der Waals surface area contributed by atoms with Gasteiger partial charge in [-0.1, -0.05) is 94.9 Å². The van der Waals surface area contributed by atoms with Crippen LogP contribution in [0.15, 0.2) is 23.3 Å². The number of carbonyl (C=O) groups is 1. The number of unbranched alkanes of at least 4 members (excludes halogenated alkanes) is 10. The third kappa shape index (κ3) is 19.5. The Morgan fingerprint density at radius 1 is 0.852 bits per heavy atom. The summed E-state index contributed by atoms with van der Waals surface area (Å²) in [6.45, 7) is 9.06. The van der Waals surface area contributed by atoms with Gasteiger partial charge in [-0.25, -0.2) is 0 Å². The van der Waals surface area contributed by atoms with Gasteiger partial charge in [0.05, 0.1) is 0 Å². The summed E-state index contributed by atoms with van der Waals surface area (Å²) in [5, 5.41) is 8.65. The minimum atomic E-state index is -0.673. The molecule has 0 aliphatic rings. The predicted molar refractivity (Wildman–Crippen MR) is 119 cm³/mol. The maximum atomic E-state index is 10.5. The van der Waals surface area contributed by atoms with Crippen LogP contribution in [0.2, 0.25) is 0 Å². The molecule has 0 amide bonds. The van der Waals surface area contributed by atoms with E-state index in [9.17, 15) is 4.79 Å². The second-order valence-corrected chi connectivity index (χ2v) is 8.47. The fourth-order valence-corrected chi connectivity index (χ4v) is 3.69. The van der Waals surface area contributed by atoms with E-state index in [1.807, 2.05) is 0 Å². The van der Waals surface area contributed by atoms with Gasteiger partial charge < -0.3 is 5.11 Å². The number of rotatable bonds is 18. The van der Waals surface area contributed by atoms with E-state index < -0.39 is 5.97 Å². The summed E-state index contributed by atoms with van der Waals surface area (Å²) < 4.78 is 0. The maximum absolute atomic E-state index is 10.5. The lowest BCUT2D eigenvalue weighted by Gasteiger charge is -2.09. The SMILES string of the molecule is CCCCCCCCCC/C=C(/C)C/C(C)=C/[C@H](C)CCCCCC(=O)O. The molecule has 0 aromatic carbocycles. The van der Waals surface area contributed by atoms with Crippen molar-refractivity contribution < 1.29 is 9.90 Å². The second kappa shape index (κ2) is 18.3. The first kappa shape index (κ1) is 26.0. The quantitative estimate of drug-likeness (QED) is 0.192. The third-order valence-electron chi connectivity index (χ3n) is 5.23. The fourth-order valence-electron chi connectivity index (χ4n) is 3.69. The Balaban J connectivity index is 3.77. The highest BCUT2D eigenvalue weighted by molar-refractivity contribution is 5.66. The molecule has 0 aliphatic carbocycles. The number of hydrogen-bond acceptors (Lipinski definition) is 1. The Morgan fingerprint density at radius 3 is 2.07 bits per heavy atom. The number of hydrogen-bond donors (Lipinski definition) is 1. The zero-order valence-electron chi connectivity index (χ0n) is 18.7. The van der Waals surface area contributed by atoms with Crippen LogP contribution in [-0.4, -0.2) is 11.1 Å². The smallest absolute Gasteiger partial charge is 0.303 e. The molecule has 1 N–H and O–H groups in total. The van der Waals surface area contributed by atoms with E-state index in [-0.39, 0.29) is 0 Å². The zero-order chi connectivity index (χ0) is 20.3. The lowest BCUT2D eigenvalue weighted by Crippen LogP contribution is -1.95. The van der Waals surface area contributed by atoms with Crippen LogP contribution in [0, 0.1) is 5.92 Å². The molecule has 0 rings (SSSR count). The summed E-state index contributed by atoms with van der Waals surface area (Å²) in [5.41, 5.74) is 2.97. The van der Waals surface area contributed by atoms with Gasteiger partial charge >= 0.3 is 5.97 Å². The molecule has 0 spiro atoms. The fraction of sp³-hybridized carbons (Fsp3) is 0.800. The van der Waals surface area contributed by atoms with E-state index in [1.54, 1.807) is 0 Å². The number of aliphatic carboxylic acids is 1. The molecule has 0 fully saturated rings. The van der Waals surface area contributed by atoms with Crippen molar-refractivity contribution in [1.82, 2.24) is 0 Å². The Bertz CT molecular complexity index is 420. The van der Waals surface area contributed by atoms with Gasteiger partial charge in [0, 0.05) is 6.42 Å². The molecule has 0 aliphatic heterocycles. The highest BCUT2D eigenvalue weighted by Crippen LogP contribution is 2.18. The number of allylic oxidation sites excluding steroid dienone is 4. The lowest BCUT2D eigenvalue weighted by atomic mass is 9.97. The highest BCUT2D eigenvalue weighted by Gasteiger charge is 2.02. The van der Waals surface area contributed by atoms with Crippen molar-refractivity contribution >= 4 is 5.97 Å². The second-order valence-electron chi connectivity index (χ2n) is 8.47. The number of carboxylic acid groups (broad SMARTS) is 1. The molecule has 0 bridgehead atoms. The molecule has 158 valence electrons. The van der Waals surface area contributed by atoms with Crippen LogP contribution in [0.1, 0.15) is 124 Å². The Hall–Kier alpha value is -1.05. The molecule has 0 unspecified atom stereocenters. The molecule has 0 radical (unpaired) electrons. The lowest BCUT2D eigenvalue weighted by molar-refractivity contribution is -0.137. The Morgan fingerprint density at radius 2 is 1.44 bits per heavy atom. The van der Waals surface area contributed by atoms with Gasteiger partial charge in [0.25, 0.3) is 0 Å². The monoisotopic (exact) mass is 378 g/mol. The van der Waals surface area contributed by atoms with Crippen molar-refractivity contribution in [2.24, 2.45) is 5.92 Å². The van der Waals surface area contributed by atoms with Crippen molar-refractivity contribution in [1.29, 1.82) is 0 Å². The van der Waals surface area contributed by atoms with Crippen molar-refractivity contribution in [2.75, 3.05) is 0 Å². The average Bonchev–Trinajstić information content (AvgIpc) is 2.59. The zero-order valence-corrected chi connectivity index (χ0v) is 18.7. The first-order valence-corrected chi connectivity index (χ1v) is 11.5. The van der Waals surface area contributed by atoms with Crippen LogP contribution < -0.4 is 0 Å². The molecule has 0 heterocycles. The Labute approximate surface area is 169 Å². The minimum Gasteiger partial charge on any atom is -0.481 e. The van der Waals surface area contributed by atoms with Gasteiger partial charge in [0.1, 0.15) is 0 Å². The van der Waals surface area contributed by atoms with Gasteiger partial charge in [-0.3, -0.25) is 4.79 Å². The molecule has 0 saturated heterocycles. The molecule has 1 atom stereocenters. The first-order chi connectivity index (χ1) is 13.0. The van der Waals surface area contributed by atoms with E-state index >= 15 is 0 Å². The minimum absolute atomic E-state index is 0.312. The molecule has 0 aromatic heterocycles. The largest absolute Gasteiger partial charge is 0.481 e. The van der Waals surface area contributed by atoms with Crippen LogP contribution in [0.5, 0.6) is 0 Å². The molecule has 0 saturated carbocycles. The van der Waals surface area contributed by atoms with Gasteiger partial charge in [-0.05, 0) is 51.9 Å². The highest BCUT2D eigenvalue weighted by atomic mass is 16.4. The van der Waals surface area contributed by atoms with E-state index in [1.165, 1.54) is 68.9 Å². The standard InChI is InChI=1S/C25H46O2/c1-5-6-7-8-9-10-11-12-14-17-22(2)20-24(4)21-23(3)18-15-13-16-19-25(26)27/h17,21,23H,5-16,18-20H2,1-4H3,(H,26,27)/b22-17-,24-21+/t23-/m1/s1. The maximum Gasteiger partial charge on any atom is 0.303 e. The molecular weight excluding hydrogens is 332 g/mol. The van der Waals surface area contributed by atoms with Crippen LogP contribution >= 0.6 is 0 Å². The summed E-state index contributed by atoms with van der Waals surface area (Å²) in [7, 11) is 0. The molecule has 27 heavy (non-hydrogen) atoms. The van der Waals surface area contributed by atoms with Gasteiger partial charge in [-0.15, -0.1) is 0 Å². The Kier molecular flexibility index (Phi) is 17.6. The molecule has 2 nitrogen and oxygen atoms in total. The molecular formula is C25H46O2. The summed E-state index contributed by atoms with van der Waals surface area (Å²) in [6.07, 6.45) is 22.7. The van der Waals surface area contributed by atoms with Crippen molar-refractivity contribution in [3.05, 3.63) is 23.3 Å².